The molecule has 1 N–H and O–H groups in total. The maximum Gasteiger partial charge on any atom is 0.155 e. The van der Waals surface area contributed by atoms with Crippen LogP contribution in [0.25, 0.3) is 11.0 Å². The second-order valence-corrected chi connectivity index (χ2v) is 3.21. The third kappa shape index (κ3) is 0.880. The lowest BCUT2D eigenvalue weighted by Crippen LogP contribution is -1.76. The van der Waals surface area contributed by atoms with Crippen molar-refractivity contribution in [3.63, 3.8) is 0 Å². The third-order valence-electron chi connectivity index (χ3n) is 1.26. The van der Waals surface area contributed by atoms with Crippen LogP contribution in [0.15, 0.2) is 18.5 Å². The van der Waals surface area contributed by atoms with Crippen molar-refractivity contribution in [2.45, 2.75) is 0 Å². The van der Waals surface area contributed by atoms with Gasteiger partial charge in [0.15, 0.2) is 5.65 Å². The number of hydrogen-bond acceptors (Lipinski definition) is 2. The number of H-pyrrole nitrogens is 1. The zero-order chi connectivity index (χ0) is 6.97. The first-order valence-electron chi connectivity index (χ1n) is 2.81. The second kappa shape index (κ2) is 2.19. The number of hydrogen-bond donors (Lipinski definition) is 1. The summed E-state index contributed by atoms with van der Waals surface area (Å²) in [7, 11) is 0. The molecule has 0 aliphatic carbocycles. The van der Waals surface area contributed by atoms with Gasteiger partial charge in [0.2, 0.25) is 0 Å². The van der Waals surface area contributed by atoms with E-state index in [0.717, 1.165) is 14.6 Å². The van der Waals surface area contributed by atoms with E-state index < -0.39 is 0 Å². The van der Waals surface area contributed by atoms with Gasteiger partial charge in [0.25, 0.3) is 0 Å². The van der Waals surface area contributed by atoms with Crippen LogP contribution < -0.4 is 0 Å². The van der Waals surface area contributed by atoms with Gasteiger partial charge in [-0.1, -0.05) is 0 Å². The molecule has 0 amide bonds. The highest BCUT2D eigenvalue weighted by molar-refractivity contribution is 14.1. The lowest BCUT2D eigenvalue weighted by Gasteiger charge is -1.86. The van der Waals surface area contributed by atoms with Crippen LogP contribution in [0.5, 0.6) is 0 Å². The van der Waals surface area contributed by atoms with Gasteiger partial charge in [-0.15, -0.1) is 0 Å². The van der Waals surface area contributed by atoms with Crippen LogP contribution in [0.3, 0.4) is 0 Å². The fourth-order valence-corrected chi connectivity index (χ4v) is 1.28. The van der Waals surface area contributed by atoms with E-state index in [9.17, 15) is 0 Å². The van der Waals surface area contributed by atoms with E-state index in [-0.39, 0.29) is 0 Å². The van der Waals surface area contributed by atoms with Gasteiger partial charge in [0.05, 0.1) is 6.20 Å². The van der Waals surface area contributed by atoms with Crippen LogP contribution in [0.4, 0.5) is 0 Å². The maximum atomic E-state index is 4.12. The van der Waals surface area contributed by atoms with Gasteiger partial charge < -0.3 is 0 Å². The molecule has 0 aromatic carbocycles. The van der Waals surface area contributed by atoms with Gasteiger partial charge in [0.1, 0.15) is 0 Å². The molecule has 4 heteroatoms. The molecule has 0 aliphatic rings. The Morgan fingerprint density at radius 3 is 3.20 bits per heavy atom. The number of aromatic amines is 1. The first kappa shape index (κ1) is 6.09. The zero-order valence-corrected chi connectivity index (χ0v) is 7.16. The maximum absolute atomic E-state index is 4.12. The lowest BCUT2D eigenvalue weighted by atomic mass is 10.4. The Hall–Kier alpha value is -0.650. The van der Waals surface area contributed by atoms with Crippen molar-refractivity contribution in [3.05, 3.63) is 22.0 Å². The summed E-state index contributed by atoms with van der Waals surface area (Å²) in [4.78, 5) is 4.12. The van der Waals surface area contributed by atoms with E-state index in [1.165, 1.54) is 0 Å². The third-order valence-corrected chi connectivity index (χ3v) is 1.85. The Kier molecular flexibility index (Phi) is 1.33. The van der Waals surface area contributed by atoms with Crippen LogP contribution in [0.1, 0.15) is 0 Å². The van der Waals surface area contributed by atoms with E-state index in [1.807, 2.05) is 6.07 Å². The summed E-state index contributed by atoms with van der Waals surface area (Å²) in [5.41, 5.74) is 0.848. The van der Waals surface area contributed by atoms with Gasteiger partial charge in [-0.2, -0.15) is 5.10 Å². The van der Waals surface area contributed by atoms with Crippen LogP contribution in [-0.4, -0.2) is 15.2 Å². The fourth-order valence-electron chi connectivity index (χ4n) is 0.810. The summed E-state index contributed by atoms with van der Waals surface area (Å²) in [5.74, 6) is 0. The van der Waals surface area contributed by atoms with Gasteiger partial charge in [-0.3, -0.25) is 5.10 Å². The van der Waals surface area contributed by atoms with Gasteiger partial charge in [-0.25, -0.2) is 4.98 Å². The van der Waals surface area contributed by atoms with E-state index in [4.69, 9.17) is 0 Å². The molecule has 0 atom stereocenters. The number of nitrogens with zero attached hydrogens (tertiary/aromatic N) is 2. The van der Waals surface area contributed by atoms with Crippen molar-refractivity contribution < 1.29 is 0 Å². The average molecular weight is 245 g/mol. The first-order valence-corrected chi connectivity index (χ1v) is 3.89. The van der Waals surface area contributed by atoms with Crippen molar-refractivity contribution >= 4 is 33.6 Å². The van der Waals surface area contributed by atoms with Gasteiger partial charge in [-0.05, 0) is 28.7 Å². The minimum Gasteiger partial charge on any atom is -0.261 e. The van der Waals surface area contributed by atoms with E-state index in [0.29, 0.717) is 0 Å². The molecular formula is C6H4IN3. The smallest absolute Gasteiger partial charge is 0.155 e. The van der Waals surface area contributed by atoms with Crippen LogP contribution in [0.2, 0.25) is 0 Å². The van der Waals surface area contributed by atoms with Gasteiger partial charge in [0, 0.05) is 15.2 Å². The Morgan fingerprint density at radius 1 is 1.40 bits per heavy atom. The van der Waals surface area contributed by atoms with Crippen molar-refractivity contribution in [1.29, 1.82) is 0 Å². The minimum absolute atomic E-state index is 0.848. The molecule has 50 valence electrons. The van der Waals surface area contributed by atoms with Crippen LogP contribution in [0, 0.1) is 3.57 Å². The molecule has 0 saturated carbocycles. The molecule has 0 bridgehead atoms. The topological polar surface area (TPSA) is 41.6 Å². The predicted molar refractivity (Wildman–Crippen MR) is 46.6 cm³/mol. The SMILES string of the molecule is Ic1cnc2[nH]ncc2c1. The molecule has 0 spiro atoms. The van der Waals surface area contributed by atoms with E-state index in [1.54, 1.807) is 12.4 Å². The largest absolute Gasteiger partial charge is 0.261 e. The van der Waals surface area contributed by atoms with Crippen molar-refractivity contribution in [1.82, 2.24) is 15.2 Å². The van der Waals surface area contributed by atoms with Crippen LogP contribution >= 0.6 is 22.6 Å². The lowest BCUT2D eigenvalue weighted by molar-refractivity contribution is 1.10. The molecule has 3 nitrogen and oxygen atoms in total. The van der Waals surface area contributed by atoms with Gasteiger partial charge >= 0.3 is 0 Å². The fraction of sp³-hybridized carbons (Fsp3) is 0. The zero-order valence-electron chi connectivity index (χ0n) is 5.00. The molecule has 0 unspecified atom stereocenters. The Bertz CT molecular complexity index is 355. The molecule has 2 aromatic heterocycles. The van der Waals surface area contributed by atoms with Crippen molar-refractivity contribution in [3.8, 4) is 0 Å². The minimum atomic E-state index is 0.848. The van der Waals surface area contributed by atoms with E-state index in [2.05, 4.69) is 37.8 Å². The molecule has 2 rings (SSSR count). The second-order valence-electron chi connectivity index (χ2n) is 1.96. The predicted octanol–water partition coefficient (Wildman–Crippen LogP) is 1.56. The van der Waals surface area contributed by atoms with Crippen LogP contribution in [-0.2, 0) is 0 Å². The number of halogens is 1. The first-order chi connectivity index (χ1) is 4.86. The molecule has 0 aliphatic heterocycles. The number of fused-ring (bicyclic) bond motifs is 1. The normalized spacial score (nSPS) is 10.5. The molecule has 0 saturated heterocycles. The molecule has 0 fully saturated rings. The monoisotopic (exact) mass is 245 g/mol. The molecule has 10 heavy (non-hydrogen) atoms. The van der Waals surface area contributed by atoms with Crippen molar-refractivity contribution in [2.24, 2.45) is 0 Å². The molecule has 0 radical (unpaired) electrons. The highest BCUT2D eigenvalue weighted by Crippen LogP contribution is 2.10. The van der Waals surface area contributed by atoms with Crippen molar-refractivity contribution in [2.75, 3.05) is 0 Å². The number of rotatable bonds is 0. The summed E-state index contributed by atoms with van der Waals surface area (Å²) in [6, 6.07) is 2.03. The molecular weight excluding hydrogens is 241 g/mol. The summed E-state index contributed by atoms with van der Waals surface area (Å²) in [5, 5.41) is 7.70. The number of nitrogens with one attached hydrogen (secondary N) is 1. The highest BCUT2D eigenvalue weighted by Gasteiger charge is 1.94. The summed E-state index contributed by atoms with van der Waals surface area (Å²) in [6.45, 7) is 0. The molecule has 2 aromatic rings. The summed E-state index contributed by atoms with van der Waals surface area (Å²) in [6.07, 6.45) is 3.57. The summed E-state index contributed by atoms with van der Waals surface area (Å²) >= 11 is 2.22. The average Bonchev–Trinajstić information content (AvgIpc) is 2.33. The molecule has 2 heterocycles. The quantitative estimate of drug-likeness (QED) is 0.715. The Balaban J connectivity index is 2.86. The Morgan fingerprint density at radius 2 is 2.30 bits per heavy atom. The standard InChI is InChI=1S/C6H4IN3/c7-5-1-4-2-9-10-6(4)8-3-5/h1-3H,(H,8,9,10). The number of aromatic nitrogens is 3. The Labute approximate surface area is 71.0 Å². The summed E-state index contributed by atoms with van der Waals surface area (Å²) < 4.78 is 1.13. The number of pyridine rings is 1. The van der Waals surface area contributed by atoms with E-state index >= 15 is 0 Å². The highest BCUT2D eigenvalue weighted by atomic mass is 127.